The van der Waals surface area contributed by atoms with Gasteiger partial charge in [0.15, 0.2) is 0 Å². The molecule has 0 spiro atoms. The van der Waals surface area contributed by atoms with Crippen LogP contribution in [0, 0.1) is 17.3 Å². The van der Waals surface area contributed by atoms with Gasteiger partial charge in [0.1, 0.15) is 0 Å². The summed E-state index contributed by atoms with van der Waals surface area (Å²) in [6.45, 7) is 1.19. The van der Waals surface area contributed by atoms with Crippen LogP contribution < -0.4 is 5.32 Å². The average molecular weight is 392 g/mol. The molecule has 1 aromatic rings. The lowest BCUT2D eigenvalue weighted by atomic mass is 9.49. The molecule has 130 valence electrons. The van der Waals surface area contributed by atoms with Crippen molar-refractivity contribution in [3.8, 4) is 0 Å². The minimum Gasteiger partial charge on any atom is -0.380 e. The number of amides is 1. The van der Waals surface area contributed by atoms with E-state index >= 15 is 0 Å². The fourth-order valence-electron chi connectivity index (χ4n) is 5.81. The Balaban J connectivity index is 1.47. The number of alkyl halides is 1. The van der Waals surface area contributed by atoms with E-state index in [2.05, 4.69) is 33.4 Å². The van der Waals surface area contributed by atoms with Crippen LogP contribution in [0.5, 0.6) is 0 Å². The molecular weight excluding hydrogens is 366 g/mol. The number of ether oxygens (including phenoxy) is 1. The van der Waals surface area contributed by atoms with Crippen molar-refractivity contribution in [3.63, 3.8) is 0 Å². The summed E-state index contributed by atoms with van der Waals surface area (Å²) in [5.41, 5.74) is 2.18. The van der Waals surface area contributed by atoms with Gasteiger partial charge in [0.25, 0.3) is 0 Å². The molecule has 4 bridgehead atoms. The smallest absolute Gasteiger partial charge is 0.226 e. The van der Waals surface area contributed by atoms with E-state index in [9.17, 15) is 4.79 Å². The summed E-state index contributed by atoms with van der Waals surface area (Å²) in [5, 5.41) is 3.26. The predicted molar refractivity (Wildman–Crippen MR) is 97.8 cm³/mol. The first-order valence-corrected chi connectivity index (χ1v) is 9.84. The second-order valence-electron chi connectivity index (χ2n) is 8.28. The van der Waals surface area contributed by atoms with Crippen molar-refractivity contribution in [2.75, 3.05) is 7.11 Å². The number of hydrogen-bond donors (Lipinski definition) is 1. The molecular formula is C20H26BrNO2. The van der Waals surface area contributed by atoms with Crippen LogP contribution in [-0.2, 0) is 22.7 Å². The van der Waals surface area contributed by atoms with Gasteiger partial charge in [0.05, 0.1) is 12.0 Å². The summed E-state index contributed by atoms with van der Waals surface area (Å²) in [7, 11) is 1.71. The number of rotatable bonds is 5. The number of carbonyl (C=O) groups excluding carboxylic acids is 1. The molecule has 1 aromatic carbocycles. The van der Waals surface area contributed by atoms with E-state index in [-0.39, 0.29) is 15.6 Å². The van der Waals surface area contributed by atoms with Crippen LogP contribution >= 0.6 is 15.9 Å². The van der Waals surface area contributed by atoms with Crippen LogP contribution in [0.25, 0.3) is 0 Å². The number of methoxy groups -OCH3 is 1. The molecule has 0 aromatic heterocycles. The number of carbonyl (C=O) groups is 1. The topological polar surface area (TPSA) is 38.3 Å². The lowest BCUT2D eigenvalue weighted by Crippen LogP contribution is -2.58. The molecule has 1 amide bonds. The quantitative estimate of drug-likeness (QED) is 0.764. The van der Waals surface area contributed by atoms with Gasteiger partial charge in [-0.2, -0.15) is 0 Å². The standard InChI is InChI=1S/C20H26BrNO2/c1-24-12-17-5-3-2-4-16(17)11-22-18(23)19-7-14-6-15(8-19)10-20(21,9-14)13-19/h2-5,14-15H,6-13H2,1H3,(H,22,23). The Morgan fingerprint density at radius 1 is 1.21 bits per heavy atom. The lowest BCUT2D eigenvalue weighted by Gasteiger charge is -2.59. The molecule has 2 atom stereocenters. The minimum atomic E-state index is -0.135. The van der Waals surface area contributed by atoms with E-state index < -0.39 is 0 Å². The van der Waals surface area contributed by atoms with Crippen molar-refractivity contribution in [2.45, 2.75) is 56.0 Å². The summed E-state index contributed by atoms with van der Waals surface area (Å²) < 4.78 is 5.49. The SMILES string of the molecule is COCc1ccccc1CNC(=O)C12CC3CC(CC(Br)(C3)C1)C2. The van der Waals surface area contributed by atoms with E-state index in [4.69, 9.17) is 4.74 Å². The highest BCUT2D eigenvalue weighted by Crippen LogP contribution is 2.64. The summed E-state index contributed by atoms with van der Waals surface area (Å²) in [5.74, 6) is 1.74. The van der Waals surface area contributed by atoms with E-state index in [0.717, 1.165) is 42.2 Å². The van der Waals surface area contributed by atoms with Crippen LogP contribution in [0.1, 0.15) is 49.7 Å². The zero-order valence-electron chi connectivity index (χ0n) is 14.3. The third-order valence-electron chi connectivity index (χ3n) is 6.33. The number of benzene rings is 1. The maximum Gasteiger partial charge on any atom is 0.226 e. The summed E-state index contributed by atoms with van der Waals surface area (Å²) in [4.78, 5) is 13.1. The third-order valence-corrected chi connectivity index (χ3v) is 7.26. The molecule has 0 radical (unpaired) electrons. The highest BCUT2D eigenvalue weighted by molar-refractivity contribution is 9.10. The Hall–Kier alpha value is -0.870. The number of halogens is 1. The molecule has 0 aliphatic heterocycles. The Labute approximate surface area is 152 Å². The molecule has 4 aliphatic carbocycles. The van der Waals surface area contributed by atoms with Crippen LogP contribution in [0.3, 0.4) is 0 Å². The Morgan fingerprint density at radius 3 is 2.50 bits per heavy atom. The number of nitrogens with one attached hydrogen (secondary N) is 1. The van der Waals surface area contributed by atoms with E-state index in [1.807, 2.05) is 12.1 Å². The minimum absolute atomic E-state index is 0.135. The average Bonchev–Trinajstić information content (AvgIpc) is 2.51. The van der Waals surface area contributed by atoms with Gasteiger partial charge in [-0.3, -0.25) is 4.79 Å². The van der Waals surface area contributed by atoms with E-state index in [0.29, 0.717) is 13.2 Å². The normalized spacial score (nSPS) is 36.8. The fraction of sp³-hybridized carbons (Fsp3) is 0.650. The van der Waals surface area contributed by atoms with Gasteiger partial charge in [-0.25, -0.2) is 0 Å². The first-order chi connectivity index (χ1) is 11.5. The molecule has 4 fully saturated rings. The largest absolute Gasteiger partial charge is 0.380 e. The van der Waals surface area contributed by atoms with Crippen LogP contribution in [-0.4, -0.2) is 17.3 Å². The first-order valence-electron chi connectivity index (χ1n) is 9.05. The van der Waals surface area contributed by atoms with E-state index in [1.54, 1.807) is 7.11 Å². The highest BCUT2D eigenvalue weighted by atomic mass is 79.9. The van der Waals surface area contributed by atoms with Gasteiger partial charge in [-0.1, -0.05) is 40.2 Å². The highest BCUT2D eigenvalue weighted by Gasteiger charge is 2.59. The molecule has 0 saturated heterocycles. The predicted octanol–water partition coefficient (Wildman–Crippen LogP) is 4.18. The summed E-state index contributed by atoms with van der Waals surface area (Å²) >= 11 is 3.99. The van der Waals surface area contributed by atoms with Crippen LogP contribution in [0.2, 0.25) is 0 Å². The van der Waals surface area contributed by atoms with Gasteiger partial charge in [0, 0.05) is 18.0 Å². The van der Waals surface area contributed by atoms with Crippen molar-refractivity contribution in [1.29, 1.82) is 0 Å². The zero-order valence-corrected chi connectivity index (χ0v) is 15.9. The maximum absolute atomic E-state index is 13.1. The van der Waals surface area contributed by atoms with Gasteiger partial charge in [0.2, 0.25) is 5.91 Å². The molecule has 4 heteroatoms. The van der Waals surface area contributed by atoms with Crippen molar-refractivity contribution >= 4 is 21.8 Å². The van der Waals surface area contributed by atoms with E-state index in [1.165, 1.54) is 19.3 Å². The second kappa shape index (κ2) is 6.14. The first kappa shape index (κ1) is 16.6. The molecule has 0 heterocycles. The lowest BCUT2D eigenvalue weighted by molar-refractivity contribution is -0.144. The molecule has 2 unspecified atom stereocenters. The Bertz CT molecular complexity index is 630. The summed E-state index contributed by atoms with van der Waals surface area (Å²) in [6.07, 6.45) is 7.03. The van der Waals surface area contributed by atoms with Gasteiger partial charge < -0.3 is 10.1 Å². The van der Waals surface area contributed by atoms with Crippen molar-refractivity contribution in [1.82, 2.24) is 5.32 Å². The summed E-state index contributed by atoms with van der Waals surface area (Å²) in [6, 6.07) is 8.20. The molecule has 5 rings (SSSR count). The molecule has 24 heavy (non-hydrogen) atoms. The van der Waals surface area contributed by atoms with Crippen molar-refractivity contribution < 1.29 is 9.53 Å². The third kappa shape index (κ3) is 2.92. The molecule has 1 N–H and O–H groups in total. The second-order valence-corrected chi connectivity index (χ2v) is 9.96. The molecule has 3 nitrogen and oxygen atoms in total. The molecule has 4 saturated carbocycles. The zero-order chi connectivity index (χ0) is 16.8. The maximum atomic E-state index is 13.1. The van der Waals surface area contributed by atoms with Crippen LogP contribution in [0.4, 0.5) is 0 Å². The van der Waals surface area contributed by atoms with Crippen LogP contribution in [0.15, 0.2) is 24.3 Å². The Kier molecular flexibility index (Phi) is 4.24. The monoisotopic (exact) mass is 391 g/mol. The van der Waals surface area contributed by atoms with Gasteiger partial charge >= 0.3 is 0 Å². The van der Waals surface area contributed by atoms with Gasteiger partial charge in [-0.05, 0) is 61.5 Å². The van der Waals surface area contributed by atoms with Crippen molar-refractivity contribution in [3.05, 3.63) is 35.4 Å². The number of hydrogen-bond acceptors (Lipinski definition) is 2. The fourth-order valence-corrected chi connectivity index (χ4v) is 7.26. The Morgan fingerprint density at radius 2 is 1.88 bits per heavy atom. The van der Waals surface area contributed by atoms with Gasteiger partial charge in [-0.15, -0.1) is 0 Å². The molecule has 4 aliphatic rings. The van der Waals surface area contributed by atoms with Crippen molar-refractivity contribution in [2.24, 2.45) is 17.3 Å².